The number of carbonyl (C=O) groups is 1. The number of aromatic hydroxyl groups is 1. The topological polar surface area (TPSA) is 111 Å². The van der Waals surface area contributed by atoms with E-state index in [1.165, 1.54) is 25.5 Å². The maximum Gasteiger partial charge on any atom is 0.271 e. The minimum absolute atomic E-state index is 0.0617. The van der Waals surface area contributed by atoms with Crippen LogP contribution in [0.1, 0.15) is 71.6 Å². The number of rotatable bonds is 11. The zero-order chi connectivity index (χ0) is 28.1. The van der Waals surface area contributed by atoms with Crippen molar-refractivity contribution in [3.8, 4) is 29.2 Å². The molecule has 2 heterocycles. The van der Waals surface area contributed by atoms with E-state index in [0.717, 1.165) is 30.3 Å². The number of ketones is 1. The van der Waals surface area contributed by atoms with E-state index >= 15 is 0 Å². The van der Waals surface area contributed by atoms with Crippen molar-refractivity contribution in [2.75, 3.05) is 13.4 Å². The lowest BCUT2D eigenvalue weighted by atomic mass is 9.97. The summed E-state index contributed by atoms with van der Waals surface area (Å²) in [6.07, 6.45) is 5.32. The number of halogens is 2. The monoisotopic (exact) mass is 570 g/mol. The third kappa shape index (κ3) is 6.00. The minimum atomic E-state index is -0.722. The molecule has 1 aliphatic rings. The van der Waals surface area contributed by atoms with E-state index in [-0.39, 0.29) is 51.4 Å². The Hall–Kier alpha value is -3.67. The van der Waals surface area contributed by atoms with Crippen LogP contribution in [0.2, 0.25) is 10.0 Å². The van der Waals surface area contributed by atoms with Gasteiger partial charge in [-0.1, -0.05) is 61.9 Å². The van der Waals surface area contributed by atoms with Gasteiger partial charge in [0.2, 0.25) is 12.7 Å². The van der Waals surface area contributed by atoms with Gasteiger partial charge >= 0.3 is 0 Å². The molecule has 0 aliphatic carbocycles. The van der Waals surface area contributed by atoms with Crippen LogP contribution in [0.4, 0.5) is 0 Å². The van der Waals surface area contributed by atoms with E-state index in [1.807, 2.05) is 6.07 Å². The van der Waals surface area contributed by atoms with Crippen LogP contribution in [0.3, 0.4) is 0 Å². The molecule has 0 amide bonds. The van der Waals surface area contributed by atoms with Gasteiger partial charge in [0.05, 0.1) is 28.8 Å². The van der Waals surface area contributed by atoms with E-state index in [9.17, 15) is 20.0 Å². The van der Waals surface area contributed by atoms with E-state index < -0.39 is 17.2 Å². The fourth-order valence-corrected chi connectivity index (χ4v) is 5.04. The van der Waals surface area contributed by atoms with Gasteiger partial charge in [0, 0.05) is 5.56 Å². The Morgan fingerprint density at radius 3 is 2.49 bits per heavy atom. The number of nitrogens with zero attached hydrogens (tertiary/aromatic N) is 2. The number of ether oxygens (including phenoxy) is 3. The molecule has 1 N–H and O–H groups in total. The number of aromatic nitrogens is 1. The molecule has 204 valence electrons. The number of hydrogen-bond acceptors (Lipinski definition) is 7. The van der Waals surface area contributed by atoms with Gasteiger partial charge in [-0.2, -0.15) is 5.26 Å². The van der Waals surface area contributed by atoms with Crippen LogP contribution >= 0.6 is 23.2 Å². The summed E-state index contributed by atoms with van der Waals surface area (Å²) in [6.45, 7) is 4.00. The first-order valence-corrected chi connectivity index (χ1v) is 13.4. The Labute approximate surface area is 236 Å². The molecule has 2 aromatic carbocycles. The van der Waals surface area contributed by atoms with Crippen molar-refractivity contribution in [2.45, 2.75) is 52.5 Å². The second-order valence-corrected chi connectivity index (χ2v) is 10.1. The van der Waals surface area contributed by atoms with Gasteiger partial charge in [0.15, 0.2) is 23.0 Å². The Morgan fingerprint density at radius 1 is 1.10 bits per heavy atom. The zero-order valence-corrected chi connectivity index (χ0v) is 23.2. The molecule has 0 bridgehead atoms. The molecule has 39 heavy (non-hydrogen) atoms. The average Bonchev–Trinajstić information content (AvgIpc) is 3.38. The summed E-state index contributed by atoms with van der Waals surface area (Å²) in [7, 11) is 0. The molecule has 1 aliphatic heterocycles. The van der Waals surface area contributed by atoms with Crippen molar-refractivity contribution in [3.63, 3.8) is 0 Å². The molecular formula is C29H28Cl2N2O6. The second-order valence-electron chi connectivity index (χ2n) is 9.25. The summed E-state index contributed by atoms with van der Waals surface area (Å²) in [5.41, 5.74) is -0.422. The minimum Gasteiger partial charge on any atom is -0.494 e. The number of unbranched alkanes of at least 4 members (excludes halogenated alkanes) is 4. The van der Waals surface area contributed by atoms with Gasteiger partial charge in [0.1, 0.15) is 11.6 Å². The molecule has 0 fully saturated rings. The van der Waals surface area contributed by atoms with Gasteiger partial charge in [-0.05, 0) is 48.7 Å². The molecule has 0 saturated carbocycles. The normalized spacial score (nSPS) is 11.9. The summed E-state index contributed by atoms with van der Waals surface area (Å²) in [5.74, 6) is 0.119. The Bertz CT molecular complexity index is 1490. The first-order chi connectivity index (χ1) is 18.8. The fraction of sp³-hybridized carbons (Fsp3) is 0.345. The molecule has 0 unspecified atom stereocenters. The predicted molar refractivity (Wildman–Crippen MR) is 148 cm³/mol. The smallest absolute Gasteiger partial charge is 0.271 e. The molecule has 10 heteroatoms. The second kappa shape index (κ2) is 12.5. The van der Waals surface area contributed by atoms with Crippen LogP contribution in [0.15, 0.2) is 35.1 Å². The van der Waals surface area contributed by atoms with Crippen LogP contribution in [-0.2, 0) is 6.54 Å². The molecule has 4 rings (SSSR count). The third-order valence-electron chi connectivity index (χ3n) is 6.56. The van der Waals surface area contributed by atoms with Crippen molar-refractivity contribution in [2.24, 2.45) is 0 Å². The first-order valence-electron chi connectivity index (χ1n) is 12.7. The average molecular weight is 571 g/mol. The van der Waals surface area contributed by atoms with E-state index in [0.29, 0.717) is 23.7 Å². The lowest BCUT2D eigenvalue weighted by Gasteiger charge is -2.17. The quantitative estimate of drug-likeness (QED) is 0.210. The fourth-order valence-electron chi connectivity index (χ4n) is 4.44. The van der Waals surface area contributed by atoms with E-state index in [1.54, 1.807) is 18.2 Å². The van der Waals surface area contributed by atoms with Crippen molar-refractivity contribution in [3.05, 3.63) is 78.5 Å². The lowest BCUT2D eigenvalue weighted by molar-refractivity contribution is 0.103. The summed E-state index contributed by atoms with van der Waals surface area (Å²) in [4.78, 5) is 26.7. The number of pyridine rings is 1. The highest BCUT2D eigenvalue weighted by molar-refractivity contribution is 6.38. The maximum absolute atomic E-state index is 13.6. The Morgan fingerprint density at radius 2 is 1.79 bits per heavy atom. The number of fused-ring (bicyclic) bond motifs is 1. The highest BCUT2D eigenvalue weighted by Crippen LogP contribution is 2.37. The first kappa shape index (κ1) is 28.3. The van der Waals surface area contributed by atoms with Gasteiger partial charge in [-0.3, -0.25) is 14.2 Å². The van der Waals surface area contributed by atoms with E-state index in [2.05, 4.69) is 6.92 Å². The SMILES string of the molecule is CCCCCCCOc1c(Cl)cc(C(=O)c2c(C)c(C#N)c(=O)n(Cc3ccc4c(c3)OCO4)c2O)cc1Cl. The summed E-state index contributed by atoms with van der Waals surface area (Å²) >= 11 is 12.8. The molecule has 8 nitrogen and oxygen atoms in total. The number of hydrogen-bond donors (Lipinski definition) is 1. The molecule has 1 aromatic heterocycles. The van der Waals surface area contributed by atoms with Crippen LogP contribution < -0.4 is 19.8 Å². The third-order valence-corrected chi connectivity index (χ3v) is 7.12. The van der Waals surface area contributed by atoms with Crippen molar-refractivity contribution in [1.82, 2.24) is 4.57 Å². The molecule has 0 saturated heterocycles. The van der Waals surface area contributed by atoms with E-state index in [4.69, 9.17) is 37.4 Å². The molecular weight excluding hydrogens is 543 g/mol. The highest BCUT2D eigenvalue weighted by Gasteiger charge is 2.26. The number of benzene rings is 2. The predicted octanol–water partition coefficient (Wildman–Crippen LogP) is 6.40. The van der Waals surface area contributed by atoms with Gasteiger partial charge in [-0.15, -0.1) is 0 Å². The Kier molecular flexibility index (Phi) is 9.05. The molecule has 0 atom stereocenters. The highest BCUT2D eigenvalue weighted by atomic mass is 35.5. The zero-order valence-electron chi connectivity index (χ0n) is 21.7. The van der Waals surface area contributed by atoms with Crippen molar-refractivity contribution in [1.29, 1.82) is 5.26 Å². The largest absolute Gasteiger partial charge is 0.494 e. The summed E-state index contributed by atoms with van der Waals surface area (Å²) in [6, 6.07) is 9.73. The van der Waals surface area contributed by atoms with Crippen LogP contribution in [0, 0.1) is 18.3 Å². The summed E-state index contributed by atoms with van der Waals surface area (Å²) in [5, 5.41) is 21.1. The van der Waals surface area contributed by atoms with Gasteiger partial charge < -0.3 is 19.3 Å². The van der Waals surface area contributed by atoms with Gasteiger partial charge in [-0.25, -0.2) is 0 Å². The molecule has 0 spiro atoms. The van der Waals surface area contributed by atoms with Crippen LogP contribution in [-0.4, -0.2) is 28.9 Å². The lowest BCUT2D eigenvalue weighted by Crippen LogP contribution is -2.27. The standard InChI is InChI=1S/C29H28Cl2N2O6/c1-3-4-5-6-7-10-37-27-21(30)12-19(13-22(27)31)26(34)25-17(2)20(14-32)28(35)33(29(25)36)15-18-8-9-23-24(11-18)39-16-38-23/h8-9,11-13,36H,3-7,10,15-16H2,1-2H3. The van der Waals surface area contributed by atoms with Crippen molar-refractivity contribution >= 4 is 29.0 Å². The summed E-state index contributed by atoms with van der Waals surface area (Å²) < 4.78 is 17.5. The Balaban J connectivity index is 1.65. The maximum atomic E-state index is 13.6. The van der Waals surface area contributed by atoms with Crippen molar-refractivity contribution < 1.29 is 24.1 Å². The molecule has 3 aromatic rings. The number of carbonyl (C=O) groups excluding carboxylic acids is 1. The molecule has 0 radical (unpaired) electrons. The van der Waals surface area contributed by atoms with Gasteiger partial charge in [0.25, 0.3) is 5.56 Å². The number of nitriles is 1. The van der Waals surface area contributed by atoms with Crippen LogP contribution in [0.5, 0.6) is 23.1 Å². The van der Waals surface area contributed by atoms with Crippen LogP contribution in [0.25, 0.3) is 0 Å².